The van der Waals surface area contributed by atoms with Gasteiger partial charge in [0.05, 0.1) is 17.6 Å². The lowest BCUT2D eigenvalue weighted by Crippen LogP contribution is -2.24. The van der Waals surface area contributed by atoms with Crippen LogP contribution >= 0.6 is 0 Å². The number of carbonyl (C=O) groups is 1. The molecule has 1 amide bonds. The molecule has 1 aromatic heterocycles. The molecule has 0 unspecified atom stereocenters. The Morgan fingerprint density at radius 2 is 1.56 bits per heavy atom. The van der Waals surface area contributed by atoms with E-state index in [4.69, 9.17) is 9.72 Å². The quantitative estimate of drug-likeness (QED) is 0.217. The third-order valence-corrected chi connectivity index (χ3v) is 6.48. The summed E-state index contributed by atoms with van der Waals surface area (Å²) in [6.45, 7) is 6.47. The van der Waals surface area contributed by atoms with Gasteiger partial charge in [0.2, 0.25) is 0 Å². The Kier molecular flexibility index (Phi) is 9.15. The van der Waals surface area contributed by atoms with Gasteiger partial charge in [-0.1, -0.05) is 53.9 Å². The molecule has 5 nitrogen and oxygen atoms in total. The number of amides is 1. The predicted molar refractivity (Wildman–Crippen MR) is 147 cm³/mol. The second-order valence-corrected chi connectivity index (χ2v) is 9.47. The highest BCUT2D eigenvalue weighted by Crippen LogP contribution is 2.19. The molecule has 0 saturated heterocycles. The van der Waals surface area contributed by atoms with Crippen molar-refractivity contribution in [2.45, 2.75) is 58.9 Å². The van der Waals surface area contributed by atoms with Crippen molar-refractivity contribution in [3.63, 3.8) is 0 Å². The van der Waals surface area contributed by atoms with E-state index in [0.29, 0.717) is 6.54 Å². The molecule has 4 rings (SSSR count). The van der Waals surface area contributed by atoms with Crippen LogP contribution in [-0.4, -0.2) is 28.6 Å². The van der Waals surface area contributed by atoms with Crippen molar-refractivity contribution < 1.29 is 9.53 Å². The molecule has 0 atom stereocenters. The highest BCUT2D eigenvalue weighted by Gasteiger charge is 2.10. The molecular formula is C31H37N3O2. The Morgan fingerprint density at radius 3 is 2.33 bits per heavy atom. The van der Waals surface area contributed by atoms with Gasteiger partial charge in [-0.25, -0.2) is 4.98 Å². The summed E-state index contributed by atoms with van der Waals surface area (Å²) in [6, 6.07) is 24.3. The molecule has 0 aliphatic carbocycles. The molecule has 0 fully saturated rings. The van der Waals surface area contributed by atoms with E-state index in [-0.39, 0.29) is 5.91 Å². The molecule has 1 N–H and O–H groups in total. The van der Waals surface area contributed by atoms with Gasteiger partial charge in [0, 0.05) is 25.1 Å². The summed E-state index contributed by atoms with van der Waals surface area (Å²) in [5, 5.41) is 3.03. The zero-order valence-electron chi connectivity index (χ0n) is 21.5. The van der Waals surface area contributed by atoms with E-state index in [1.165, 1.54) is 11.1 Å². The van der Waals surface area contributed by atoms with Crippen molar-refractivity contribution in [2.75, 3.05) is 13.2 Å². The van der Waals surface area contributed by atoms with Crippen molar-refractivity contribution in [3.8, 4) is 5.75 Å². The zero-order valence-corrected chi connectivity index (χ0v) is 21.5. The Labute approximate surface area is 214 Å². The number of hydrogen-bond acceptors (Lipinski definition) is 3. The largest absolute Gasteiger partial charge is 0.494 e. The number of nitrogens with one attached hydrogen (secondary N) is 1. The van der Waals surface area contributed by atoms with Crippen LogP contribution in [0.3, 0.4) is 0 Å². The Hall–Kier alpha value is -3.60. The second-order valence-electron chi connectivity index (χ2n) is 9.47. The van der Waals surface area contributed by atoms with Gasteiger partial charge in [0.1, 0.15) is 11.6 Å². The maximum Gasteiger partial charge on any atom is 0.251 e. The first-order chi connectivity index (χ1) is 17.6. The first-order valence-electron chi connectivity index (χ1n) is 13.1. The summed E-state index contributed by atoms with van der Waals surface area (Å²) in [5.41, 5.74) is 5.40. The van der Waals surface area contributed by atoms with Gasteiger partial charge >= 0.3 is 0 Å². The number of aryl methyl sites for hydroxylation is 4. The van der Waals surface area contributed by atoms with Gasteiger partial charge in [-0.05, 0) is 75.9 Å². The molecule has 3 aromatic carbocycles. The highest BCUT2D eigenvalue weighted by atomic mass is 16.5. The maximum absolute atomic E-state index is 12.3. The molecule has 0 spiro atoms. The Bertz CT molecular complexity index is 1240. The highest BCUT2D eigenvalue weighted by molar-refractivity contribution is 5.94. The van der Waals surface area contributed by atoms with Crippen molar-refractivity contribution in [3.05, 3.63) is 95.3 Å². The van der Waals surface area contributed by atoms with Crippen molar-refractivity contribution in [1.82, 2.24) is 14.9 Å². The first kappa shape index (κ1) is 25.5. The Morgan fingerprint density at radius 1 is 0.833 bits per heavy atom. The number of para-hydroxylation sites is 2. The number of imidazole rings is 1. The first-order valence-corrected chi connectivity index (χ1v) is 13.1. The second kappa shape index (κ2) is 12.9. The van der Waals surface area contributed by atoms with Crippen LogP contribution in [0.2, 0.25) is 0 Å². The number of carbonyl (C=O) groups excluding carboxylic acids is 1. The van der Waals surface area contributed by atoms with Gasteiger partial charge in [-0.3, -0.25) is 4.79 Å². The summed E-state index contributed by atoms with van der Waals surface area (Å²) in [4.78, 5) is 17.2. The van der Waals surface area contributed by atoms with Gasteiger partial charge in [0.15, 0.2) is 0 Å². The van der Waals surface area contributed by atoms with Crippen molar-refractivity contribution >= 4 is 16.9 Å². The third kappa shape index (κ3) is 7.20. The summed E-state index contributed by atoms with van der Waals surface area (Å²) in [6.07, 6.45) is 6.07. The van der Waals surface area contributed by atoms with Crippen LogP contribution in [0.4, 0.5) is 0 Å². The molecule has 36 heavy (non-hydrogen) atoms. The summed E-state index contributed by atoms with van der Waals surface area (Å²) >= 11 is 0. The summed E-state index contributed by atoms with van der Waals surface area (Å²) in [7, 11) is 0. The number of fused-ring (bicyclic) bond motifs is 1. The SMILES string of the molecule is Cc1ccc(OCCCCn2c(CCCCCNC(=O)c3ccc(C)cc3)nc3ccccc32)cc1. The van der Waals surface area contributed by atoms with Gasteiger partial charge in [0.25, 0.3) is 5.91 Å². The maximum atomic E-state index is 12.3. The fraction of sp³-hybridized carbons (Fsp3) is 0.355. The average molecular weight is 484 g/mol. The zero-order chi connectivity index (χ0) is 25.2. The van der Waals surface area contributed by atoms with Crippen molar-refractivity contribution in [2.24, 2.45) is 0 Å². The fourth-order valence-corrected chi connectivity index (χ4v) is 4.36. The monoisotopic (exact) mass is 483 g/mol. The number of aromatic nitrogens is 2. The van der Waals surface area contributed by atoms with Gasteiger partial charge < -0.3 is 14.6 Å². The summed E-state index contributed by atoms with van der Waals surface area (Å²) < 4.78 is 8.27. The van der Waals surface area contributed by atoms with Crippen LogP contribution in [0, 0.1) is 13.8 Å². The summed E-state index contributed by atoms with van der Waals surface area (Å²) in [5.74, 6) is 2.09. The predicted octanol–water partition coefficient (Wildman–Crippen LogP) is 6.66. The van der Waals surface area contributed by atoms with Crippen LogP contribution in [0.1, 0.15) is 59.4 Å². The lowest BCUT2D eigenvalue weighted by atomic mass is 10.1. The number of hydrogen-bond donors (Lipinski definition) is 1. The molecule has 0 bridgehead atoms. The minimum atomic E-state index is 0.00292. The van der Waals surface area contributed by atoms with Crippen LogP contribution in [0.25, 0.3) is 11.0 Å². The van der Waals surface area contributed by atoms with Gasteiger partial charge in [-0.2, -0.15) is 0 Å². The topological polar surface area (TPSA) is 56.1 Å². The normalized spacial score (nSPS) is 11.1. The molecule has 188 valence electrons. The van der Waals surface area contributed by atoms with Gasteiger partial charge in [-0.15, -0.1) is 0 Å². The van der Waals surface area contributed by atoms with Crippen molar-refractivity contribution in [1.29, 1.82) is 0 Å². The smallest absolute Gasteiger partial charge is 0.251 e. The van der Waals surface area contributed by atoms with E-state index in [0.717, 1.165) is 79.9 Å². The number of unbranched alkanes of at least 4 members (excludes halogenated alkanes) is 3. The van der Waals surface area contributed by atoms with Crippen LogP contribution < -0.4 is 10.1 Å². The van der Waals surface area contributed by atoms with Crippen LogP contribution in [-0.2, 0) is 13.0 Å². The van der Waals surface area contributed by atoms with Crippen LogP contribution in [0.15, 0.2) is 72.8 Å². The van der Waals surface area contributed by atoms with E-state index in [2.05, 4.69) is 53.2 Å². The number of ether oxygens (including phenoxy) is 1. The Balaban J connectivity index is 1.21. The fourth-order valence-electron chi connectivity index (χ4n) is 4.36. The number of rotatable bonds is 13. The molecule has 0 aliphatic heterocycles. The molecule has 0 saturated carbocycles. The van der Waals surface area contributed by atoms with E-state index in [1.54, 1.807) is 0 Å². The molecule has 5 heteroatoms. The lowest BCUT2D eigenvalue weighted by molar-refractivity contribution is 0.0953. The van der Waals surface area contributed by atoms with E-state index < -0.39 is 0 Å². The molecule has 4 aromatic rings. The number of nitrogens with zero attached hydrogens (tertiary/aromatic N) is 2. The molecule has 0 aliphatic rings. The van der Waals surface area contributed by atoms with Crippen LogP contribution in [0.5, 0.6) is 5.75 Å². The minimum Gasteiger partial charge on any atom is -0.494 e. The number of benzene rings is 3. The molecular weight excluding hydrogens is 446 g/mol. The van der Waals surface area contributed by atoms with E-state index >= 15 is 0 Å². The lowest BCUT2D eigenvalue weighted by Gasteiger charge is -2.11. The average Bonchev–Trinajstić information content (AvgIpc) is 3.24. The molecule has 0 radical (unpaired) electrons. The third-order valence-electron chi connectivity index (χ3n) is 6.48. The molecule has 1 heterocycles. The van der Waals surface area contributed by atoms with E-state index in [1.807, 2.05) is 43.3 Å². The minimum absolute atomic E-state index is 0.00292. The standard InChI is InChI=1S/C31H37N3O2/c1-24-13-17-26(18-14-24)31(35)32-21-7-3-4-12-30-33-28-10-5-6-11-29(28)34(30)22-8-9-23-36-27-19-15-25(2)16-20-27/h5-6,10-11,13-20H,3-4,7-9,12,21-23H2,1-2H3,(H,32,35). The van der Waals surface area contributed by atoms with E-state index in [9.17, 15) is 4.79 Å².